The van der Waals surface area contributed by atoms with E-state index in [1.54, 1.807) is 42.5 Å². The van der Waals surface area contributed by atoms with Gasteiger partial charge in [0.25, 0.3) is 5.91 Å². The van der Waals surface area contributed by atoms with E-state index in [1.165, 1.54) is 0 Å². The summed E-state index contributed by atoms with van der Waals surface area (Å²) in [6, 6.07) is 20.2. The summed E-state index contributed by atoms with van der Waals surface area (Å²) in [6.07, 6.45) is 3.27. The predicted octanol–water partition coefficient (Wildman–Crippen LogP) is 3.63. The summed E-state index contributed by atoms with van der Waals surface area (Å²) < 4.78 is 0. The van der Waals surface area contributed by atoms with Gasteiger partial charge < -0.3 is 10.2 Å². The van der Waals surface area contributed by atoms with E-state index < -0.39 is 5.92 Å². The number of nitrogens with one attached hydrogen (secondary N) is 1. The first-order valence-electron chi connectivity index (χ1n) is 8.79. The number of hydrogen-bond donors (Lipinski definition) is 1. The Balaban J connectivity index is 1.81. The van der Waals surface area contributed by atoms with Crippen LogP contribution in [0.2, 0.25) is 0 Å². The molecule has 27 heavy (non-hydrogen) atoms. The molecule has 0 bridgehead atoms. The minimum atomic E-state index is -0.522. The number of pyridine rings is 1. The van der Waals surface area contributed by atoms with Gasteiger partial charge in [-0.25, -0.2) is 0 Å². The minimum Gasteiger partial charge on any atom is -0.334 e. The first kappa shape index (κ1) is 17.0. The number of likely N-dealkylation sites (N-methyl/N-ethyl adjacent to an activating group) is 1. The summed E-state index contributed by atoms with van der Waals surface area (Å²) in [4.78, 5) is 31.9. The van der Waals surface area contributed by atoms with Gasteiger partial charge in [0.1, 0.15) is 0 Å². The van der Waals surface area contributed by atoms with Crippen LogP contribution in [0.25, 0.3) is 0 Å². The quantitative estimate of drug-likeness (QED) is 0.779. The third kappa shape index (κ3) is 3.08. The van der Waals surface area contributed by atoms with Crippen LogP contribution in [0.15, 0.2) is 79.1 Å². The summed E-state index contributed by atoms with van der Waals surface area (Å²) in [6.45, 7) is 0. The zero-order chi connectivity index (χ0) is 18.8. The first-order chi connectivity index (χ1) is 13.2. The van der Waals surface area contributed by atoms with Gasteiger partial charge in [-0.05, 0) is 29.3 Å². The van der Waals surface area contributed by atoms with Crippen LogP contribution in [0.3, 0.4) is 0 Å². The second-order valence-electron chi connectivity index (χ2n) is 6.57. The molecule has 2 aromatic carbocycles. The number of fused-ring (bicyclic) bond motifs is 1. The van der Waals surface area contributed by atoms with Crippen LogP contribution < -0.4 is 5.32 Å². The van der Waals surface area contributed by atoms with Crippen molar-refractivity contribution in [3.8, 4) is 0 Å². The zero-order valence-corrected chi connectivity index (χ0v) is 14.9. The number of carbonyl (C=O) groups is 2. The molecular formula is C22H19N3O2. The van der Waals surface area contributed by atoms with Crippen molar-refractivity contribution in [1.82, 2.24) is 9.88 Å². The van der Waals surface area contributed by atoms with Crippen LogP contribution in [0.1, 0.15) is 33.4 Å². The van der Waals surface area contributed by atoms with Gasteiger partial charge in [-0.15, -0.1) is 0 Å². The number of hydrogen-bond acceptors (Lipinski definition) is 3. The average Bonchev–Trinajstić information content (AvgIpc) is 2.72. The van der Waals surface area contributed by atoms with E-state index in [9.17, 15) is 9.59 Å². The molecule has 1 aromatic heterocycles. The Labute approximate surface area is 157 Å². The van der Waals surface area contributed by atoms with E-state index in [1.807, 2.05) is 48.5 Å². The molecule has 4 rings (SSSR count). The molecular weight excluding hydrogens is 338 g/mol. The molecule has 1 N–H and O–H groups in total. The smallest absolute Gasteiger partial charge is 0.254 e. The van der Waals surface area contributed by atoms with Crippen molar-refractivity contribution in [3.05, 3.63) is 95.8 Å². The monoisotopic (exact) mass is 357 g/mol. The molecule has 2 amide bonds. The van der Waals surface area contributed by atoms with Gasteiger partial charge in [0, 0.05) is 18.8 Å². The van der Waals surface area contributed by atoms with Crippen LogP contribution in [0.4, 0.5) is 5.69 Å². The molecule has 5 nitrogen and oxygen atoms in total. The maximum absolute atomic E-state index is 13.3. The van der Waals surface area contributed by atoms with Gasteiger partial charge in [0.05, 0.1) is 23.8 Å². The Bertz CT molecular complexity index is 973. The fourth-order valence-electron chi connectivity index (χ4n) is 3.68. The maximum atomic E-state index is 13.3. The Morgan fingerprint density at radius 1 is 1.00 bits per heavy atom. The average molecular weight is 357 g/mol. The predicted molar refractivity (Wildman–Crippen MR) is 103 cm³/mol. The van der Waals surface area contributed by atoms with Gasteiger partial charge in [-0.2, -0.15) is 0 Å². The second kappa shape index (κ2) is 7.03. The molecule has 0 spiro atoms. The summed E-state index contributed by atoms with van der Waals surface area (Å²) >= 11 is 0. The lowest BCUT2D eigenvalue weighted by atomic mass is 9.79. The molecule has 0 fully saturated rings. The molecule has 2 heterocycles. The number of amides is 2. The number of nitrogens with zero attached hydrogens (tertiary/aromatic N) is 2. The Kier molecular flexibility index (Phi) is 4.42. The number of benzene rings is 2. The molecule has 3 aromatic rings. The molecule has 0 saturated heterocycles. The Hall–Kier alpha value is -3.47. The fraction of sp³-hybridized carbons (Fsp3) is 0.136. The topological polar surface area (TPSA) is 62.3 Å². The van der Waals surface area contributed by atoms with Crippen molar-refractivity contribution in [2.24, 2.45) is 0 Å². The van der Waals surface area contributed by atoms with E-state index >= 15 is 0 Å². The summed E-state index contributed by atoms with van der Waals surface area (Å²) in [5.41, 5.74) is 2.87. The first-order valence-corrected chi connectivity index (χ1v) is 8.79. The Morgan fingerprint density at radius 3 is 2.48 bits per heavy atom. The lowest BCUT2D eigenvalue weighted by molar-refractivity contribution is -0.119. The third-order valence-electron chi connectivity index (χ3n) is 4.93. The Morgan fingerprint density at radius 2 is 1.74 bits per heavy atom. The van der Waals surface area contributed by atoms with Crippen LogP contribution in [0.5, 0.6) is 0 Å². The number of rotatable bonds is 3. The summed E-state index contributed by atoms with van der Waals surface area (Å²) in [5.74, 6) is -0.764. The number of aromatic nitrogens is 1. The molecule has 2 atom stereocenters. The third-order valence-corrected chi connectivity index (χ3v) is 4.93. The van der Waals surface area contributed by atoms with Crippen LogP contribution in [-0.4, -0.2) is 28.7 Å². The van der Waals surface area contributed by atoms with E-state index in [0.29, 0.717) is 11.3 Å². The maximum Gasteiger partial charge on any atom is 0.254 e. The van der Waals surface area contributed by atoms with Gasteiger partial charge >= 0.3 is 0 Å². The van der Waals surface area contributed by atoms with Crippen molar-refractivity contribution in [3.63, 3.8) is 0 Å². The largest absolute Gasteiger partial charge is 0.334 e. The van der Waals surface area contributed by atoms with E-state index in [-0.39, 0.29) is 17.9 Å². The number of carbonyl (C=O) groups excluding carboxylic acids is 2. The number of anilines is 1. The standard InChI is InChI=1S/C22H19N3O2/c1-25-20(15-8-3-2-4-9-15)19(17-11-5-6-12-18(17)22(25)27)21(26)24-16-10-7-13-23-14-16/h2-14,19-20H,1H3,(H,24,26)/t19-,20-/m0/s1. The normalized spacial score (nSPS) is 18.7. The second-order valence-corrected chi connectivity index (χ2v) is 6.57. The summed E-state index contributed by atoms with van der Waals surface area (Å²) in [5, 5.41) is 2.95. The van der Waals surface area contributed by atoms with Gasteiger partial charge in [-0.3, -0.25) is 14.6 Å². The fourth-order valence-corrected chi connectivity index (χ4v) is 3.68. The highest BCUT2D eigenvalue weighted by atomic mass is 16.2. The van der Waals surface area contributed by atoms with Crippen molar-refractivity contribution >= 4 is 17.5 Å². The molecule has 0 radical (unpaired) electrons. The van der Waals surface area contributed by atoms with Crippen LogP contribution in [0, 0.1) is 0 Å². The van der Waals surface area contributed by atoms with Crippen molar-refractivity contribution in [2.45, 2.75) is 12.0 Å². The molecule has 134 valence electrons. The van der Waals surface area contributed by atoms with E-state index in [0.717, 1.165) is 11.1 Å². The van der Waals surface area contributed by atoms with Crippen molar-refractivity contribution in [1.29, 1.82) is 0 Å². The van der Waals surface area contributed by atoms with E-state index in [4.69, 9.17) is 0 Å². The lowest BCUT2D eigenvalue weighted by Gasteiger charge is -2.39. The molecule has 0 saturated carbocycles. The van der Waals surface area contributed by atoms with Crippen molar-refractivity contribution in [2.75, 3.05) is 12.4 Å². The van der Waals surface area contributed by atoms with Gasteiger partial charge in [0.2, 0.25) is 5.91 Å². The lowest BCUT2D eigenvalue weighted by Crippen LogP contribution is -2.44. The molecule has 1 aliphatic rings. The van der Waals surface area contributed by atoms with Crippen molar-refractivity contribution < 1.29 is 9.59 Å². The van der Waals surface area contributed by atoms with Gasteiger partial charge in [-0.1, -0.05) is 48.5 Å². The SMILES string of the molecule is CN1C(=O)c2ccccc2[C@H](C(=O)Nc2cccnc2)[C@@H]1c1ccccc1. The zero-order valence-electron chi connectivity index (χ0n) is 14.9. The minimum absolute atomic E-state index is 0.0788. The highest BCUT2D eigenvalue weighted by Gasteiger charge is 2.42. The summed E-state index contributed by atoms with van der Waals surface area (Å²) in [7, 11) is 1.75. The molecule has 0 aliphatic carbocycles. The highest BCUT2D eigenvalue weighted by Crippen LogP contribution is 2.42. The van der Waals surface area contributed by atoms with Crippen LogP contribution >= 0.6 is 0 Å². The molecule has 5 heteroatoms. The molecule has 1 aliphatic heterocycles. The van der Waals surface area contributed by atoms with E-state index in [2.05, 4.69) is 10.3 Å². The van der Waals surface area contributed by atoms with Crippen LogP contribution in [-0.2, 0) is 4.79 Å². The highest BCUT2D eigenvalue weighted by molar-refractivity contribution is 6.04. The van der Waals surface area contributed by atoms with Gasteiger partial charge in [0.15, 0.2) is 0 Å². The molecule has 0 unspecified atom stereocenters.